The molecule has 0 aromatic rings. The molecule has 1 atom stereocenters. The van der Waals surface area contributed by atoms with Crippen LogP contribution in [0.2, 0.25) is 0 Å². The minimum atomic E-state index is 0.392. The van der Waals surface area contributed by atoms with Crippen molar-refractivity contribution in [1.82, 2.24) is 4.90 Å². The van der Waals surface area contributed by atoms with Gasteiger partial charge in [0.05, 0.1) is 12.1 Å². The van der Waals surface area contributed by atoms with Gasteiger partial charge in [0.25, 0.3) is 0 Å². The van der Waals surface area contributed by atoms with E-state index >= 15 is 0 Å². The molecule has 2 fully saturated rings. The van der Waals surface area contributed by atoms with Crippen LogP contribution >= 0.6 is 0 Å². The van der Waals surface area contributed by atoms with Gasteiger partial charge in [0, 0.05) is 19.7 Å². The van der Waals surface area contributed by atoms with Gasteiger partial charge in [-0.2, -0.15) is 0 Å². The van der Waals surface area contributed by atoms with E-state index in [1.165, 1.54) is 12.8 Å². The smallest absolute Gasteiger partial charge is 0.191 e. The third kappa shape index (κ3) is 3.35. The fraction of sp³-hybridized carbons (Fsp3) is 0.923. The van der Waals surface area contributed by atoms with E-state index in [-0.39, 0.29) is 0 Å². The van der Waals surface area contributed by atoms with Crippen LogP contribution < -0.4 is 5.73 Å². The van der Waals surface area contributed by atoms with E-state index in [1.807, 2.05) is 6.92 Å². The fourth-order valence-corrected chi connectivity index (χ4v) is 2.68. The van der Waals surface area contributed by atoms with Gasteiger partial charge >= 0.3 is 0 Å². The van der Waals surface area contributed by atoms with Gasteiger partial charge in [0.1, 0.15) is 0 Å². The Bertz CT molecular complexity index is 274. The van der Waals surface area contributed by atoms with E-state index in [9.17, 15) is 0 Å². The first kappa shape index (κ1) is 12.7. The average Bonchev–Trinajstić information content (AvgIpc) is 2.26. The lowest BCUT2D eigenvalue weighted by molar-refractivity contribution is -0.00100. The monoisotopic (exact) mass is 239 g/mol. The van der Waals surface area contributed by atoms with Crippen LogP contribution in [0.15, 0.2) is 4.99 Å². The quantitative estimate of drug-likeness (QED) is 0.601. The molecule has 2 aliphatic rings. The molecule has 0 radical (unpaired) electrons. The van der Waals surface area contributed by atoms with Gasteiger partial charge in [-0.3, -0.25) is 0 Å². The molecule has 0 aromatic carbocycles. The van der Waals surface area contributed by atoms with Crippen molar-refractivity contribution in [3.05, 3.63) is 0 Å². The lowest BCUT2D eigenvalue weighted by atomic mass is 9.90. The summed E-state index contributed by atoms with van der Waals surface area (Å²) in [5, 5.41) is 0. The Balaban J connectivity index is 1.77. The van der Waals surface area contributed by atoms with Crippen LogP contribution in [0.1, 0.15) is 39.5 Å². The molecule has 2 N–H and O–H groups in total. The topological polar surface area (TPSA) is 50.9 Å². The minimum absolute atomic E-state index is 0.392. The highest BCUT2D eigenvalue weighted by Gasteiger charge is 2.30. The second-order valence-corrected chi connectivity index (χ2v) is 5.38. The van der Waals surface area contributed by atoms with Crippen molar-refractivity contribution < 1.29 is 4.74 Å². The molecule has 0 bridgehead atoms. The summed E-state index contributed by atoms with van der Waals surface area (Å²) in [4.78, 5) is 6.85. The normalized spacial score (nSPS) is 34.6. The number of hydrogen-bond acceptors (Lipinski definition) is 2. The summed E-state index contributed by atoms with van der Waals surface area (Å²) < 4.78 is 5.53. The van der Waals surface area contributed by atoms with E-state index in [1.54, 1.807) is 0 Å². The molecule has 1 unspecified atom stereocenters. The molecule has 0 aromatic heterocycles. The summed E-state index contributed by atoms with van der Waals surface area (Å²) in [6, 6.07) is 0.392. The molecule has 1 aliphatic carbocycles. The Labute approximate surface area is 104 Å². The number of guanidine groups is 1. The van der Waals surface area contributed by atoms with Gasteiger partial charge in [0.15, 0.2) is 5.96 Å². The third-order valence-electron chi connectivity index (χ3n) is 3.77. The standard InChI is InChI=1S/C13H25N3O/c1-3-17-12-7-11(8-12)15-13(14)16-6-4-5-10(2)9-16/h10-12H,3-9H2,1-2H3,(H2,14,15). The zero-order valence-corrected chi connectivity index (χ0v) is 11.1. The summed E-state index contributed by atoms with van der Waals surface area (Å²) in [6.07, 6.45) is 5.06. The van der Waals surface area contributed by atoms with E-state index in [0.29, 0.717) is 12.1 Å². The summed E-state index contributed by atoms with van der Waals surface area (Å²) in [5.74, 6) is 1.49. The molecule has 0 amide bonds. The molecule has 1 saturated heterocycles. The van der Waals surface area contributed by atoms with Crippen molar-refractivity contribution in [3.63, 3.8) is 0 Å². The van der Waals surface area contributed by atoms with Crippen molar-refractivity contribution in [2.75, 3.05) is 19.7 Å². The average molecular weight is 239 g/mol. The van der Waals surface area contributed by atoms with Crippen LogP contribution in [-0.4, -0.2) is 42.7 Å². The predicted molar refractivity (Wildman–Crippen MR) is 70.0 cm³/mol. The highest BCUT2D eigenvalue weighted by Crippen LogP contribution is 2.26. The molecule has 1 aliphatic heterocycles. The third-order valence-corrected chi connectivity index (χ3v) is 3.77. The van der Waals surface area contributed by atoms with Crippen molar-refractivity contribution in [2.24, 2.45) is 16.6 Å². The maximum atomic E-state index is 6.08. The number of nitrogens with two attached hydrogens (primary N) is 1. The maximum absolute atomic E-state index is 6.08. The van der Waals surface area contributed by atoms with E-state index < -0.39 is 0 Å². The van der Waals surface area contributed by atoms with Crippen molar-refractivity contribution >= 4 is 5.96 Å². The van der Waals surface area contributed by atoms with Gasteiger partial charge in [-0.25, -0.2) is 4.99 Å². The van der Waals surface area contributed by atoms with Crippen LogP contribution in [0.25, 0.3) is 0 Å². The van der Waals surface area contributed by atoms with Gasteiger partial charge in [-0.1, -0.05) is 6.92 Å². The predicted octanol–water partition coefficient (Wildman–Crippen LogP) is 1.60. The number of nitrogens with zero attached hydrogens (tertiary/aromatic N) is 2. The molecule has 4 nitrogen and oxygen atoms in total. The largest absolute Gasteiger partial charge is 0.378 e. The summed E-state index contributed by atoms with van der Waals surface area (Å²) >= 11 is 0. The summed E-state index contributed by atoms with van der Waals surface area (Å²) in [5.41, 5.74) is 6.08. The van der Waals surface area contributed by atoms with Crippen molar-refractivity contribution in [3.8, 4) is 0 Å². The molecule has 2 rings (SSSR count). The first-order chi connectivity index (χ1) is 8.19. The van der Waals surface area contributed by atoms with Gasteiger partial charge in [0.2, 0.25) is 0 Å². The number of aliphatic imine (C=N–C) groups is 1. The minimum Gasteiger partial charge on any atom is -0.378 e. The molecule has 0 spiro atoms. The molecule has 98 valence electrons. The Kier molecular flexibility index (Phi) is 4.26. The number of likely N-dealkylation sites (tertiary alicyclic amines) is 1. The fourth-order valence-electron chi connectivity index (χ4n) is 2.68. The number of ether oxygens (including phenoxy) is 1. The van der Waals surface area contributed by atoms with Gasteiger partial charge < -0.3 is 15.4 Å². The summed E-state index contributed by atoms with van der Waals surface area (Å²) in [7, 11) is 0. The molecule has 4 heteroatoms. The van der Waals surface area contributed by atoms with E-state index in [4.69, 9.17) is 10.5 Å². The zero-order valence-electron chi connectivity index (χ0n) is 11.1. The number of rotatable bonds is 3. The first-order valence-corrected chi connectivity index (χ1v) is 6.88. The molecule has 1 saturated carbocycles. The van der Waals surface area contributed by atoms with Crippen LogP contribution in [0.4, 0.5) is 0 Å². The van der Waals surface area contributed by atoms with Gasteiger partial charge in [-0.05, 0) is 38.5 Å². The lowest BCUT2D eigenvalue weighted by Crippen LogP contribution is -2.45. The first-order valence-electron chi connectivity index (χ1n) is 6.88. The lowest BCUT2D eigenvalue weighted by Gasteiger charge is -2.35. The molecular formula is C13H25N3O. The zero-order chi connectivity index (χ0) is 12.3. The van der Waals surface area contributed by atoms with E-state index in [2.05, 4.69) is 16.8 Å². The van der Waals surface area contributed by atoms with E-state index in [0.717, 1.165) is 44.4 Å². The van der Waals surface area contributed by atoms with Crippen molar-refractivity contribution in [1.29, 1.82) is 0 Å². The van der Waals surface area contributed by atoms with Crippen LogP contribution in [0, 0.1) is 5.92 Å². The SMILES string of the molecule is CCOC1CC(N=C(N)N2CCCC(C)C2)C1. The van der Waals surface area contributed by atoms with Crippen LogP contribution in [0.5, 0.6) is 0 Å². The van der Waals surface area contributed by atoms with Crippen LogP contribution in [0.3, 0.4) is 0 Å². The van der Waals surface area contributed by atoms with Gasteiger partial charge in [-0.15, -0.1) is 0 Å². The van der Waals surface area contributed by atoms with Crippen molar-refractivity contribution in [2.45, 2.75) is 51.7 Å². The molecule has 17 heavy (non-hydrogen) atoms. The highest BCUT2D eigenvalue weighted by atomic mass is 16.5. The Hall–Kier alpha value is -0.770. The highest BCUT2D eigenvalue weighted by molar-refractivity contribution is 5.78. The maximum Gasteiger partial charge on any atom is 0.191 e. The van der Waals surface area contributed by atoms with Crippen LogP contribution in [-0.2, 0) is 4.74 Å². The Morgan fingerprint density at radius 2 is 2.24 bits per heavy atom. The second-order valence-electron chi connectivity index (χ2n) is 5.38. The molecule has 1 heterocycles. The Morgan fingerprint density at radius 1 is 1.47 bits per heavy atom. The molecular weight excluding hydrogens is 214 g/mol. The number of piperidine rings is 1. The Morgan fingerprint density at radius 3 is 2.88 bits per heavy atom. The number of hydrogen-bond donors (Lipinski definition) is 1. The summed E-state index contributed by atoms with van der Waals surface area (Å²) in [6.45, 7) is 7.27. The second kappa shape index (κ2) is 5.71.